The zero-order valence-corrected chi connectivity index (χ0v) is 27.0. The van der Waals surface area contributed by atoms with E-state index < -0.39 is 28.0 Å². The molecule has 0 spiro atoms. The van der Waals surface area contributed by atoms with Crippen LogP contribution in [-0.2, 0) is 14.9 Å². The summed E-state index contributed by atoms with van der Waals surface area (Å²) in [5.74, 6) is -1.02. The third-order valence-electron chi connectivity index (χ3n) is 6.98. The van der Waals surface area contributed by atoms with Gasteiger partial charge in [-0.15, -0.1) is 0 Å². The first-order valence-electron chi connectivity index (χ1n) is 16.3. The fourth-order valence-corrected chi connectivity index (χ4v) is 5.23. The molecule has 0 aromatic heterocycles. The van der Waals surface area contributed by atoms with E-state index in [1.807, 2.05) is 0 Å². The van der Waals surface area contributed by atoms with Crippen LogP contribution in [0.2, 0.25) is 0 Å². The summed E-state index contributed by atoms with van der Waals surface area (Å²) in [5, 5.41) is 13.1. The van der Waals surface area contributed by atoms with Crippen LogP contribution in [0.15, 0.2) is 48.6 Å². The lowest BCUT2D eigenvalue weighted by Crippen LogP contribution is -2.46. The van der Waals surface area contributed by atoms with Gasteiger partial charge in [-0.2, -0.15) is 8.42 Å². The lowest BCUT2D eigenvalue weighted by atomic mass is 10.1. The molecule has 2 atom stereocenters. The van der Waals surface area contributed by atoms with Crippen molar-refractivity contribution in [1.29, 1.82) is 0 Å². The molecule has 238 valence electrons. The van der Waals surface area contributed by atoms with Crippen LogP contribution in [0.4, 0.5) is 0 Å². The predicted molar refractivity (Wildman–Crippen MR) is 175 cm³/mol. The molecule has 0 heterocycles. The van der Waals surface area contributed by atoms with E-state index in [0.29, 0.717) is 12.8 Å². The SMILES string of the molecule is CCCCC/C=C\C/C=C\CCCCCCCC(=O)NC(CS(=O)(=O)O)C(O)/C=C/CC/C=C/CCCCCCC. The average molecular weight is 596 g/mol. The lowest BCUT2D eigenvalue weighted by Gasteiger charge is -2.21. The van der Waals surface area contributed by atoms with Crippen LogP contribution in [-0.4, -0.2) is 41.9 Å². The summed E-state index contributed by atoms with van der Waals surface area (Å²) in [6, 6.07) is -1.08. The molecule has 0 saturated heterocycles. The van der Waals surface area contributed by atoms with Gasteiger partial charge in [0.25, 0.3) is 10.1 Å². The molecule has 0 aromatic carbocycles. The number of carbonyl (C=O) groups is 1. The number of unbranched alkanes of at least 4 members (excludes halogenated alkanes) is 14. The highest BCUT2D eigenvalue weighted by Crippen LogP contribution is 2.10. The Hall–Kier alpha value is -1.70. The maximum absolute atomic E-state index is 12.4. The van der Waals surface area contributed by atoms with Crippen molar-refractivity contribution in [2.45, 2.75) is 154 Å². The van der Waals surface area contributed by atoms with E-state index in [9.17, 15) is 22.9 Å². The molecule has 0 saturated carbocycles. The number of allylic oxidation sites excluding steroid dienone is 7. The highest BCUT2D eigenvalue weighted by Gasteiger charge is 2.24. The summed E-state index contributed by atoms with van der Waals surface area (Å²) in [4.78, 5) is 12.4. The quantitative estimate of drug-likeness (QED) is 0.0476. The Morgan fingerprint density at radius 2 is 1.12 bits per heavy atom. The van der Waals surface area contributed by atoms with Crippen molar-refractivity contribution in [3.05, 3.63) is 48.6 Å². The van der Waals surface area contributed by atoms with E-state index in [1.54, 1.807) is 6.08 Å². The van der Waals surface area contributed by atoms with E-state index in [2.05, 4.69) is 55.6 Å². The van der Waals surface area contributed by atoms with Crippen LogP contribution in [0.3, 0.4) is 0 Å². The lowest BCUT2D eigenvalue weighted by molar-refractivity contribution is -0.122. The molecule has 0 fully saturated rings. The van der Waals surface area contributed by atoms with Gasteiger partial charge in [0.15, 0.2) is 0 Å². The second-order valence-electron chi connectivity index (χ2n) is 11.1. The molecule has 0 rings (SSSR count). The minimum atomic E-state index is -4.35. The van der Waals surface area contributed by atoms with Crippen molar-refractivity contribution < 1.29 is 22.9 Å². The first-order chi connectivity index (χ1) is 19.8. The molecule has 0 radical (unpaired) electrons. The third kappa shape index (κ3) is 29.6. The fraction of sp³-hybridized carbons (Fsp3) is 0.735. The Kier molecular flexibility index (Phi) is 27.2. The van der Waals surface area contributed by atoms with Crippen molar-refractivity contribution in [1.82, 2.24) is 5.32 Å². The number of aliphatic hydroxyl groups excluding tert-OH is 1. The molecule has 2 unspecified atom stereocenters. The smallest absolute Gasteiger partial charge is 0.267 e. The van der Waals surface area contributed by atoms with Gasteiger partial charge >= 0.3 is 0 Å². The number of nitrogens with one attached hydrogen (secondary N) is 1. The maximum Gasteiger partial charge on any atom is 0.267 e. The van der Waals surface area contributed by atoms with Gasteiger partial charge in [-0.1, -0.05) is 120 Å². The number of carbonyl (C=O) groups excluding carboxylic acids is 1. The van der Waals surface area contributed by atoms with Crippen LogP contribution in [0.1, 0.15) is 142 Å². The van der Waals surface area contributed by atoms with Crippen LogP contribution < -0.4 is 5.32 Å². The predicted octanol–water partition coefficient (Wildman–Crippen LogP) is 8.79. The van der Waals surface area contributed by atoms with Crippen molar-refractivity contribution in [2.24, 2.45) is 0 Å². The topological polar surface area (TPSA) is 104 Å². The van der Waals surface area contributed by atoms with Crippen LogP contribution in [0.5, 0.6) is 0 Å². The summed E-state index contributed by atoms with van der Waals surface area (Å²) in [6.45, 7) is 4.43. The Morgan fingerprint density at radius 3 is 1.73 bits per heavy atom. The molecule has 1 amide bonds. The molecule has 0 aliphatic heterocycles. The van der Waals surface area contributed by atoms with Gasteiger partial charge in [0.1, 0.15) is 0 Å². The molecule has 0 aliphatic carbocycles. The van der Waals surface area contributed by atoms with E-state index >= 15 is 0 Å². The zero-order valence-electron chi connectivity index (χ0n) is 26.2. The van der Waals surface area contributed by atoms with Crippen molar-refractivity contribution >= 4 is 16.0 Å². The number of hydrogen-bond acceptors (Lipinski definition) is 4. The van der Waals surface area contributed by atoms with Gasteiger partial charge in [0.05, 0.1) is 17.9 Å². The Bertz CT molecular complexity index is 832. The number of hydrogen-bond donors (Lipinski definition) is 3. The molecule has 0 aliphatic rings. The number of amides is 1. The van der Waals surface area contributed by atoms with Crippen molar-refractivity contribution in [2.75, 3.05) is 5.75 Å². The molecule has 6 nitrogen and oxygen atoms in total. The summed E-state index contributed by atoms with van der Waals surface area (Å²) in [6.07, 6.45) is 36.6. The Balaban J connectivity index is 4.14. The van der Waals surface area contributed by atoms with Gasteiger partial charge in [-0.3, -0.25) is 9.35 Å². The fourth-order valence-electron chi connectivity index (χ4n) is 4.49. The number of aliphatic hydroxyl groups is 1. The maximum atomic E-state index is 12.4. The van der Waals surface area contributed by atoms with Crippen LogP contribution >= 0.6 is 0 Å². The molecule has 0 bridgehead atoms. The van der Waals surface area contributed by atoms with Gasteiger partial charge in [-0.05, 0) is 64.2 Å². The molecular formula is C34H61NO5S. The van der Waals surface area contributed by atoms with E-state index in [4.69, 9.17) is 0 Å². The standard InChI is InChI=1S/C34H61NO5S/c1-3-5-7-9-11-13-15-16-17-18-20-22-24-26-28-30-34(37)35-32(31-41(38,39)40)33(36)29-27-25-23-21-19-14-12-10-8-6-4-2/h11,13,16-17,19,21,27,29,32-33,36H,3-10,12,14-15,18,20,22-26,28,30-31H2,1-2H3,(H,35,37)(H,38,39,40)/b13-11-,17-16-,21-19+,29-27+. The van der Waals surface area contributed by atoms with Gasteiger partial charge in [0.2, 0.25) is 5.91 Å². The van der Waals surface area contributed by atoms with Gasteiger partial charge in [-0.25, -0.2) is 0 Å². The van der Waals surface area contributed by atoms with E-state index in [1.165, 1.54) is 63.9 Å². The van der Waals surface area contributed by atoms with E-state index in [0.717, 1.165) is 51.4 Å². The second kappa shape index (κ2) is 28.4. The minimum Gasteiger partial charge on any atom is -0.387 e. The molecular weight excluding hydrogens is 534 g/mol. The molecule has 0 aromatic rings. The summed E-state index contributed by atoms with van der Waals surface area (Å²) >= 11 is 0. The number of rotatable bonds is 28. The first kappa shape index (κ1) is 39.3. The van der Waals surface area contributed by atoms with E-state index in [-0.39, 0.29) is 12.3 Å². The monoisotopic (exact) mass is 595 g/mol. The van der Waals surface area contributed by atoms with Crippen molar-refractivity contribution in [3.63, 3.8) is 0 Å². The zero-order chi connectivity index (χ0) is 30.4. The molecule has 3 N–H and O–H groups in total. The minimum absolute atomic E-state index is 0.270. The summed E-state index contributed by atoms with van der Waals surface area (Å²) in [7, 11) is -4.35. The highest BCUT2D eigenvalue weighted by atomic mass is 32.2. The Morgan fingerprint density at radius 1 is 0.659 bits per heavy atom. The van der Waals surface area contributed by atoms with Crippen LogP contribution in [0.25, 0.3) is 0 Å². The van der Waals surface area contributed by atoms with Crippen LogP contribution in [0, 0.1) is 0 Å². The third-order valence-corrected chi connectivity index (χ3v) is 7.76. The molecule has 7 heteroatoms. The van der Waals surface area contributed by atoms with Gasteiger partial charge < -0.3 is 10.4 Å². The highest BCUT2D eigenvalue weighted by molar-refractivity contribution is 7.85. The molecule has 41 heavy (non-hydrogen) atoms. The average Bonchev–Trinajstić information content (AvgIpc) is 2.92. The summed E-state index contributed by atoms with van der Waals surface area (Å²) in [5.41, 5.74) is 0. The Labute approximate surface area is 252 Å². The largest absolute Gasteiger partial charge is 0.387 e. The second-order valence-corrected chi connectivity index (χ2v) is 12.6. The van der Waals surface area contributed by atoms with Gasteiger partial charge in [0, 0.05) is 6.42 Å². The van der Waals surface area contributed by atoms with Crippen molar-refractivity contribution in [3.8, 4) is 0 Å². The first-order valence-corrected chi connectivity index (χ1v) is 17.9. The summed E-state index contributed by atoms with van der Waals surface area (Å²) < 4.78 is 32.2. The normalized spacial score (nSPS) is 14.1.